The molecule has 1 heterocycles. The van der Waals surface area contributed by atoms with Crippen LogP contribution in [0.1, 0.15) is 41.0 Å². The Morgan fingerprint density at radius 2 is 1.45 bits per heavy atom. The highest BCUT2D eigenvalue weighted by atomic mass is 32.2. The molecule has 1 atom stereocenters. The van der Waals surface area contributed by atoms with E-state index >= 15 is 0 Å². The van der Waals surface area contributed by atoms with Gasteiger partial charge >= 0.3 is 0 Å². The number of aromatic nitrogens is 1. The number of fused-ring (bicyclic) bond motifs is 1. The molecule has 4 aromatic rings. The van der Waals surface area contributed by atoms with Crippen LogP contribution in [0.3, 0.4) is 0 Å². The predicted octanol–water partition coefficient (Wildman–Crippen LogP) is 5.61. The van der Waals surface area contributed by atoms with Crippen molar-refractivity contribution in [2.45, 2.75) is 31.2 Å². The average molecular weight is 432 g/mol. The van der Waals surface area contributed by atoms with Crippen LogP contribution in [0.5, 0.6) is 0 Å². The maximum atomic E-state index is 13.4. The molecule has 0 amide bonds. The number of sulfone groups is 1. The molecule has 1 unspecified atom stereocenters. The van der Waals surface area contributed by atoms with Gasteiger partial charge in [0.25, 0.3) is 0 Å². The predicted molar refractivity (Wildman–Crippen MR) is 124 cm³/mol. The van der Waals surface area contributed by atoms with Crippen LogP contribution in [-0.2, 0) is 9.84 Å². The van der Waals surface area contributed by atoms with Crippen molar-refractivity contribution in [1.82, 2.24) is 4.57 Å². The molecule has 1 aromatic heterocycles. The monoisotopic (exact) mass is 431 g/mol. The fourth-order valence-corrected chi connectivity index (χ4v) is 5.89. The largest absolute Gasteiger partial charge is 0.340 e. The van der Waals surface area contributed by atoms with Gasteiger partial charge in [0.2, 0.25) is 0 Å². The van der Waals surface area contributed by atoms with Crippen LogP contribution in [0.15, 0.2) is 89.8 Å². The summed E-state index contributed by atoms with van der Waals surface area (Å²) in [6.45, 7) is 3.89. The van der Waals surface area contributed by atoms with Crippen molar-refractivity contribution in [3.05, 3.63) is 102 Å². The van der Waals surface area contributed by atoms with Crippen molar-refractivity contribution in [3.8, 4) is 0 Å². The van der Waals surface area contributed by atoms with Gasteiger partial charge in [-0.2, -0.15) is 0 Å². The van der Waals surface area contributed by atoms with Gasteiger partial charge in [-0.3, -0.25) is 4.79 Å². The summed E-state index contributed by atoms with van der Waals surface area (Å²) in [7, 11) is -3.47. The normalized spacial score (nSPS) is 12.7. The Labute approximate surface area is 183 Å². The summed E-state index contributed by atoms with van der Waals surface area (Å²) < 4.78 is 28.2. The quantitative estimate of drug-likeness (QED) is 0.358. The molecule has 0 fully saturated rings. The molecule has 0 saturated carbocycles. The topological polar surface area (TPSA) is 56.1 Å². The second-order valence-electron chi connectivity index (χ2n) is 7.70. The first-order chi connectivity index (χ1) is 14.9. The van der Waals surface area contributed by atoms with E-state index in [1.807, 2.05) is 73.0 Å². The van der Waals surface area contributed by atoms with Gasteiger partial charge in [-0.05, 0) is 31.5 Å². The number of rotatable bonds is 7. The second kappa shape index (κ2) is 8.52. The van der Waals surface area contributed by atoms with E-state index in [4.69, 9.17) is 0 Å². The summed E-state index contributed by atoms with van der Waals surface area (Å²) >= 11 is 0. The fourth-order valence-electron chi connectivity index (χ4n) is 4.23. The highest BCUT2D eigenvalue weighted by Gasteiger charge is 2.27. The Kier molecular flexibility index (Phi) is 5.79. The van der Waals surface area contributed by atoms with E-state index in [1.54, 1.807) is 30.3 Å². The van der Waals surface area contributed by atoms with E-state index in [0.717, 1.165) is 16.6 Å². The lowest BCUT2D eigenvalue weighted by Crippen LogP contribution is -2.21. The Morgan fingerprint density at radius 3 is 2.10 bits per heavy atom. The molecule has 0 aliphatic carbocycles. The highest BCUT2D eigenvalue weighted by molar-refractivity contribution is 7.91. The molecule has 0 aliphatic heterocycles. The Balaban J connectivity index is 1.84. The van der Waals surface area contributed by atoms with Gasteiger partial charge in [0.05, 0.1) is 16.2 Å². The number of carbonyl (C=O) groups is 1. The van der Waals surface area contributed by atoms with Gasteiger partial charge < -0.3 is 4.57 Å². The fraction of sp³-hybridized carbons (Fsp3) is 0.192. The first kappa shape index (κ1) is 21.1. The summed E-state index contributed by atoms with van der Waals surface area (Å²) in [6, 6.07) is 25.2. The molecular weight excluding hydrogens is 406 g/mol. The van der Waals surface area contributed by atoms with Gasteiger partial charge in [0.1, 0.15) is 0 Å². The molecule has 0 aliphatic rings. The number of benzene rings is 3. The zero-order valence-corrected chi connectivity index (χ0v) is 18.5. The van der Waals surface area contributed by atoms with Crippen molar-refractivity contribution >= 4 is 26.5 Å². The van der Waals surface area contributed by atoms with E-state index in [9.17, 15) is 13.2 Å². The summed E-state index contributed by atoms with van der Waals surface area (Å²) in [5, 5.41) is 0.851. The maximum absolute atomic E-state index is 13.4. The van der Waals surface area contributed by atoms with E-state index < -0.39 is 9.84 Å². The lowest BCUT2D eigenvalue weighted by Gasteiger charge is -2.21. The Hall–Kier alpha value is -3.18. The van der Waals surface area contributed by atoms with Crippen LogP contribution in [-0.4, -0.2) is 24.5 Å². The first-order valence-electron chi connectivity index (χ1n) is 10.4. The molecule has 158 valence electrons. The lowest BCUT2D eigenvalue weighted by molar-refractivity contribution is 0.103. The summed E-state index contributed by atoms with van der Waals surface area (Å²) in [6.07, 6.45) is 0.630. The summed E-state index contributed by atoms with van der Waals surface area (Å²) in [4.78, 5) is 13.7. The van der Waals surface area contributed by atoms with Crippen molar-refractivity contribution in [1.29, 1.82) is 0 Å². The third kappa shape index (κ3) is 3.93. The number of para-hydroxylation sites is 1. The van der Waals surface area contributed by atoms with E-state index in [2.05, 4.69) is 0 Å². The van der Waals surface area contributed by atoms with Crippen LogP contribution < -0.4 is 0 Å². The SMILES string of the molecule is CCC(CS(=O)(=O)c1ccccc1)n1c(C)c(C(=O)c2ccccc2)c2ccccc21. The van der Waals surface area contributed by atoms with Crippen LogP contribution in [0.25, 0.3) is 10.9 Å². The Bertz CT molecular complexity index is 1320. The van der Waals surface area contributed by atoms with E-state index in [0.29, 0.717) is 22.4 Å². The molecule has 0 bridgehead atoms. The molecular formula is C26H25NO3S. The number of carbonyl (C=O) groups excluding carboxylic acids is 1. The Morgan fingerprint density at radius 1 is 0.871 bits per heavy atom. The zero-order valence-electron chi connectivity index (χ0n) is 17.7. The molecule has 0 radical (unpaired) electrons. The average Bonchev–Trinajstić information content (AvgIpc) is 3.10. The summed E-state index contributed by atoms with van der Waals surface area (Å²) in [5.74, 6) is -0.0692. The summed E-state index contributed by atoms with van der Waals surface area (Å²) in [5.41, 5.74) is 2.94. The molecule has 0 saturated heterocycles. The number of nitrogens with zero attached hydrogens (tertiary/aromatic N) is 1. The van der Waals surface area contributed by atoms with E-state index in [-0.39, 0.29) is 17.6 Å². The molecule has 0 N–H and O–H groups in total. The molecule has 4 nitrogen and oxygen atoms in total. The number of ketones is 1. The molecule has 3 aromatic carbocycles. The highest BCUT2D eigenvalue weighted by Crippen LogP contribution is 2.33. The van der Waals surface area contributed by atoms with Crippen molar-refractivity contribution in [2.24, 2.45) is 0 Å². The lowest BCUT2D eigenvalue weighted by atomic mass is 10.0. The van der Waals surface area contributed by atoms with Gasteiger partial charge in [-0.15, -0.1) is 0 Å². The number of hydrogen-bond acceptors (Lipinski definition) is 3. The zero-order chi connectivity index (χ0) is 22.0. The minimum absolute atomic E-state index is 0.0218. The maximum Gasteiger partial charge on any atom is 0.195 e. The van der Waals surface area contributed by atoms with Crippen LogP contribution >= 0.6 is 0 Å². The van der Waals surface area contributed by atoms with Gasteiger partial charge in [-0.25, -0.2) is 8.42 Å². The van der Waals surface area contributed by atoms with Crippen LogP contribution in [0.4, 0.5) is 0 Å². The van der Waals surface area contributed by atoms with Gasteiger partial charge in [0, 0.05) is 28.2 Å². The standard InChI is InChI=1S/C26H25NO3S/c1-3-21(18-31(29,30)22-14-8-5-9-15-22)27-19(2)25(23-16-10-11-17-24(23)27)26(28)20-12-6-4-7-13-20/h4-17,21H,3,18H2,1-2H3. The van der Waals surface area contributed by atoms with Gasteiger partial charge in [-0.1, -0.05) is 73.7 Å². The van der Waals surface area contributed by atoms with E-state index in [1.165, 1.54) is 0 Å². The second-order valence-corrected chi connectivity index (χ2v) is 9.73. The minimum Gasteiger partial charge on any atom is -0.340 e. The van der Waals surface area contributed by atoms with Gasteiger partial charge in [0.15, 0.2) is 15.6 Å². The molecule has 4 rings (SSSR count). The third-order valence-electron chi connectivity index (χ3n) is 5.77. The van der Waals surface area contributed by atoms with Crippen LogP contribution in [0, 0.1) is 6.92 Å². The number of hydrogen-bond donors (Lipinski definition) is 0. The van der Waals surface area contributed by atoms with Crippen molar-refractivity contribution in [2.75, 3.05) is 5.75 Å². The molecule has 5 heteroatoms. The van der Waals surface area contributed by atoms with Crippen molar-refractivity contribution in [3.63, 3.8) is 0 Å². The molecule has 0 spiro atoms. The third-order valence-corrected chi connectivity index (χ3v) is 7.58. The van der Waals surface area contributed by atoms with Crippen molar-refractivity contribution < 1.29 is 13.2 Å². The smallest absolute Gasteiger partial charge is 0.195 e. The first-order valence-corrected chi connectivity index (χ1v) is 12.1. The minimum atomic E-state index is -3.47. The van der Waals surface area contributed by atoms with Crippen LogP contribution in [0.2, 0.25) is 0 Å². The molecule has 31 heavy (non-hydrogen) atoms.